The monoisotopic (exact) mass is 310 g/mol. The van der Waals surface area contributed by atoms with Crippen LogP contribution in [0.5, 0.6) is 0 Å². The molecule has 0 aliphatic carbocycles. The number of aryl methyl sites for hydroxylation is 3. The summed E-state index contributed by atoms with van der Waals surface area (Å²) in [6.45, 7) is 3.92. The third-order valence-corrected chi connectivity index (χ3v) is 4.06. The lowest BCUT2D eigenvalue weighted by Gasteiger charge is -2.18. The number of nitrogens with zero attached hydrogens (tertiary/aromatic N) is 2. The molecule has 0 spiro atoms. The fourth-order valence-electron chi connectivity index (χ4n) is 2.42. The number of aromatic nitrogens is 2. The molecular formula is C15H20ClFN4. The van der Waals surface area contributed by atoms with Crippen molar-refractivity contribution < 1.29 is 4.39 Å². The van der Waals surface area contributed by atoms with Crippen LogP contribution in [-0.2, 0) is 19.9 Å². The molecule has 2 rings (SSSR count). The van der Waals surface area contributed by atoms with Gasteiger partial charge in [-0.05, 0) is 19.4 Å². The Morgan fingerprint density at radius 3 is 2.76 bits per heavy atom. The first-order valence-corrected chi connectivity index (χ1v) is 7.28. The second kappa shape index (κ2) is 6.56. The Kier molecular flexibility index (Phi) is 4.98. The molecule has 0 aliphatic rings. The Balaban J connectivity index is 2.36. The zero-order chi connectivity index (χ0) is 15.6. The number of nitrogens with one attached hydrogen (secondary N) is 1. The van der Waals surface area contributed by atoms with Crippen LogP contribution in [0.3, 0.4) is 0 Å². The number of hydrogen-bond donors (Lipinski definition) is 2. The molecule has 114 valence electrons. The number of rotatable bonds is 5. The van der Waals surface area contributed by atoms with Crippen molar-refractivity contribution in [3.8, 4) is 0 Å². The first-order valence-electron chi connectivity index (χ1n) is 6.90. The number of nitrogens with two attached hydrogens (primary N) is 1. The third-order valence-electron chi connectivity index (χ3n) is 3.63. The minimum absolute atomic E-state index is 0.280. The molecule has 6 heteroatoms. The molecule has 1 aromatic heterocycles. The molecule has 0 saturated heterocycles. The lowest BCUT2D eigenvalue weighted by atomic mass is 9.99. The van der Waals surface area contributed by atoms with Gasteiger partial charge >= 0.3 is 0 Å². The van der Waals surface area contributed by atoms with E-state index in [0.29, 0.717) is 17.0 Å². The van der Waals surface area contributed by atoms with E-state index in [0.717, 1.165) is 23.4 Å². The summed E-state index contributed by atoms with van der Waals surface area (Å²) in [6, 6.07) is 4.63. The van der Waals surface area contributed by atoms with E-state index in [2.05, 4.69) is 10.5 Å². The second-order valence-electron chi connectivity index (χ2n) is 5.13. The fraction of sp³-hybridized carbons (Fsp3) is 0.400. The topological polar surface area (TPSA) is 55.9 Å². The van der Waals surface area contributed by atoms with Crippen LogP contribution >= 0.6 is 11.6 Å². The zero-order valence-electron chi connectivity index (χ0n) is 12.5. The summed E-state index contributed by atoms with van der Waals surface area (Å²) >= 11 is 6.34. The highest BCUT2D eigenvalue weighted by molar-refractivity contribution is 6.31. The van der Waals surface area contributed by atoms with E-state index in [1.807, 2.05) is 20.9 Å². The van der Waals surface area contributed by atoms with Crippen molar-refractivity contribution in [1.82, 2.24) is 15.2 Å². The summed E-state index contributed by atoms with van der Waals surface area (Å²) in [4.78, 5) is 0. The molecule has 1 atom stereocenters. The summed E-state index contributed by atoms with van der Waals surface area (Å²) in [5.41, 5.74) is 5.88. The van der Waals surface area contributed by atoms with Crippen molar-refractivity contribution in [2.45, 2.75) is 32.7 Å². The molecule has 1 aromatic carbocycles. The van der Waals surface area contributed by atoms with Gasteiger partial charge in [-0.2, -0.15) is 5.10 Å². The zero-order valence-corrected chi connectivity index (χ0v) is 13.2. The van der Waals surface area contributed by atoms with Crippen LogP contribution in [-0.4, -0.2) is 9.78 Å². The van der Waals surface area contributed by atoms with E-state index in [-0.39, 0.29) is 11.9 Å². The molecule has 0 radical (unpaired) electrons. The van der Waals surface area contributed by atoms with Gasteiger partial charge in [-0.1, -0.05) is 36.2 Å². The normalized spacial score (nSPS) is 12.7. The first-order chi connectivity index (χ1) is 9.97. The molecule has 4 nitrogen and oxygen atoms in total. The number of hydrazine groups is 1. The van der Waals surface area contributed by atoms with E-state index in [9.17, 15) is 4.39 Å². The van der Waals surface area contributed by atoms with Crippen molar-refractivity contribution in [1.29, 1.82) is 0 Å². The average Bonchev–Trinajstić information content (AvgIpc) is 2.74. The quantitative estimate of drug-likeness (QED) is 0.659. The largest absolute Gasteiger partial charge is 0.271 e. The average molecular weight is 311 g/mol. The van der Waals surface area contributed by atoms with Crippen molar-refractivity contribution in [3.05, 3.63) is 51.6 Å². The minimum Gasteiger partial charge on any atom is -0.271 e. The lowest BCUT2D eigenvalue weighted by Crippen LogP contribution is -2.31. The van der Waals surface area contributed by atoms with Gasteiger partial charge in [0.2, 0.25) is 0 Å². The highest BCUT2D eigenvalue weighted by atomic mass is 35.5. The van der Waals surface area contributed by atoms with Crippen LogP contribution in [0.1, 0.15) is 35.5 Å². The van der Waals surface area contributed by atoms with E-state index in [4.69, 9.17) is 17.4 Å². The summed E-state index contributed by atoms with van der Waals surface area (Å²) < 4.78 is 15.8. The SMILES string of the molecule is CCc1nn(C)c(CC(NN)c2cc(C)ccc2F)c1Cl. The number of halogens is 2. The Hall–Kier alpha value is -1.43. The van der Waals surface area contributed by atoms with Crippen molar-refractivity contribution in [2.75, 3.05) is 0 Å². The van der Waals surface area contributed by atoms with Crippen LogP contribution in [0.15, 0.2) is 18.2 Å². The summed E-state index contributed by atoms with van der Waals surface area (Å²) in [7, 11) is 1.83. The maximum atomic E-state index is 14.0. The maximum Gasteiger partial charge on any atom is 0.128 e. The van der Waals surface area contributed by atoms with Crippen LogP contribution in [0.4, 0.5) is 4.39 Å². The van der Waals surface area contributed by atoms with Gasteiger partial charge in [0, 0.05) is 19.0 Å². The Morgan fingerprint density at radius 2 is 2.19 bits per heavy atom. The molecule has 2 aromatic rings. The smallest absolute Gasteiger partial charge is 0.128 e. The molecule has 21 heavy (non-hydrogen) atoms. The molecule has 3 N–H and O–H groups in total. The molecule has 0 fully saturated rings. The van der Waals surface area contributed by atoms with Gasteiger partial charge in [-0.25, -0.2) is 4.39 Å². The lowest BCUT2D eigenvalue weighted by molar-refractivity contribution is 0.497. The minimum atomic E-state index is -0.359. The van der Waals surface area contributed by atoms with Crippen molar-refractivity contribution in [3.63, 3.8) is 0 Å². The van der Waals surface area contributed by atoms with Gasteiger partial charge in [0.25, 0.3) is 0 Å². The number of benzene rings is 1. The highest BCUT2D eigenvalue weighted by Gasteiger charge is 2.20. The van der Waals surface area contributed by atoms with Gasteiger partial charge in [0.05, 0.1) is 22.5 Å². The molecule has 1 heterocycles. The molecule has 0 amide bonds. The third kappa shape index (κ3) is 3.26. The first kappa shape index (κ1) is 15.9. The van der Waals surface area contributed by atoms with Crippen LogP contribution in [0.2, 0.25) is 5.02 Å². The van der Waals surface area contributed by atoms with Gasteiger partial charge in [0.1, 0.15) is 5.82 Å². The molecule has 0 bridgehead atoms. The number of hydrogen-bond acceptors (Lipinski definition) is 3. The fourth-order valence-corrected chi connectivity index (χ4v) is 2.79. The van der Waals surface area contributed by atoms with E-state index < -0.39 is 0 Å². The van der Waals surface area contributed by atoms with Crippen LogP contribution in [0, 0.1) is 12.7 Å². The Labute approximate surface area is 129 Å². The van der Waals surface area contributed by atoms with Gasteiger partial charge in [0.15, 0.2) is 0 Å². The van der Waals surface area contributed by atoms with E-state index in [1.165, 1.54) is 6.07 Å². The summed E-state index contributed by atoms with van der Waals surface area (Å²) in [5.74, 6) is 5.34. The summed E-state index contributed by atoms with van der Waals surface area (Å²) in [5, 5.41) is 5.00. The molecular weight excluding hydrogens is 291 g/mol. The molecule has 1 unspecified atom stereocenters. The van der Waals surface area contributed by atoms with Crippen LogP contribution in [0.25, 0.3) is 0 Å². The predicted molar refractivity (Wildman–Crippen MR) is 82.5 cm³/mol. The molecule has 0 saturated carbocycles. The van der Waals surface area contributed by atoms with E-state index in [1.54, 1.807) is 16.8 Å². The van der Waals surface area contributed by atoms with Crippen molar-refractivity contribution >= 4 is 11.6 Å². The van der Waals surface area contributed by atoms with Gasteiger partial charge in [-0.15, -0.1) is 0 Å². The predicted octanol–water partition coefficient (Wildman–Crippen LogP) is 2.83. The molecule has 0 aliphatic heterocycles. The Morgan fingerprint density at radius 1 is 1.48 bits per heavy atom. The van der Waals surface area contributed by atoms with Gasteiger partial charge < -0.3 is 0 Å². The highest BCUT2D eigenvalue weighted by Crippen LogP contribution is 2.27. The standard InChI is InChI=1S/C15H20ClFN4/c1-4-12-15(16)14(21(3)20-12)8-13(19-18)10-7-9(2)5-6-11(10)17/h5-7,13,19H,4,8,18H2,1-3H3. The second-order valence-corrected chi connectivity index (χ2v) is 5.51. The van der Waals surface area contributed by atoms with Crippen molar-refractivity contribution in [2.24, 2.45) is 12.9 Å². The van der Waals surface area contributed by atoms with E-state index >= 15 is 0 Å². The summed E-state index contributed by atoms with van der Waals surface area (Å²) in [6.07, 6.45) is 1.23. The maximum absolute atomic E-state index is 14.0. The Bertz CT molecular complexity index is 639. The van der Waals surface area contributed by atoms with Gasteiger partial charge in [-0.3, -0.25) is 16.0 Å². The van der Waals surface area contributed by atoms with Crippen LogP contribution < -0.4 is 11.3 Å².